The highest BCUT2D eigenvalue weighted by Crippen LogP contribution is 2.02. The Morgan fingerprint density at radius 3 is 2.45 bits per heavy atom. The second-order valence-electron chi connectivity index (χ2n) is 2.47. The molecule has 0 spiro atoms. The van der Waals surface area contributed by atoms with Crippen LogP contribution in [0.4, 0.5) is 0 Å². The standard InChI is InChI=1S/C10H16O/c1-5-7-8-10(6-2)11-9(3)4/h5-9H,2H2,1,3-4H3/b7-5-,10-8+. The van der Waals surface area contributed by atoms with Crippen molar-refractivity contribution in [3.63, 3.8) is 0 Å². The third kappa shape index (κ3) is 5.46. The molecule has 0 unspecified atom stereocenters. The van der Waals surface area contributed by atoms with Crippen molar-refractivity contribution in [3.05, 3.63) is 36.6 Å². The minimum absolute atomic E-state index is 0.213. The van der Waals surface area contributed by atoms with Crippen molar-refractivity contribution < 1.29 is 4.74 Å². The summed E-state index contributed by atoms with van der Waals surface area (Å²) in [6.07, 6.45) is 7.70. The Labute approximate surface area is 69.1 Å². The molecule has 0 bridgehead atoms. The Morgan fingerprint density at radius 1 is 1.45 bits per heavy atom. The van der Waals surface area contributed by atoms with Gasteiger partial charge in [0.2, 0.25) is 0 Å². The zero-order valence-corrected chi connectivity index (χ0v) is 7.50. The van der Waals surface area contributed by atoms with Gasteiger partial charge in [0.1, 0.15) is 5.76 Å². The number of ether oxygens (including phenoxy) is 1. The van der Waals surface area contributed by atoms with Crippen molar-refractivity contribution in [3.8, 4) is 0 Å². The van der Waals surface area contributed by atoms with E-state index in [4.69, 9.17) is 4.74 Å². The fourth-order valence-electron chi connectivity index (χ4n) is 0.619. The molecule has 1 nitrogen and oxygen atoms in total. The Bertz CT molecular complexity index is 164. The predicted molar refractivity (Wildman–Crippen MR) is 49.3 cm³/mol. The van der Waals surface area contributed by atoms with E-state index in [1.54, 1.807) is 6.08 Å². The molecule has 62 valence electrons. The summed E-state index contributed by atoms with van der Waals surface area (Å²) in [5.74, 6) is 0.818. The molecular formula is C10H16O. The average Bonchev–Trinajstić information content (AvgIpc) is 1.97. The lowest BCUT2D eigenvalue weighted by Crippen LogP contribution is -1.99. The topological polar surface area (TPSA) is 9.23 Å². The van der Waals surface area contributed by atoms with E-state index in [0.29, 0.717) is 0 Å². The molecule has 0 heterocycles. The maximum Gasteiger partial charge on any atom is 0.119 e. The first kappa shape index (κ1) is 10.0. The summed E-state index contributed by atoms with van der Waals surface area (Å²) in [5.41, 5.74) is 0. The average molecular weight is 152 g/mol. The van der Waals surface area contributed by atoms with Crippen molar-refractivity contribution in [2.75, 3.05) is 0 Å². The van der Waals surface area contributed by atoms with E-state index < -0.39 is 0 Å². The molecule has 0 aromatic carbocycles. The van der Waals surface area contributed by atoms with E-state index >= 15 is 0 Å². The van der Waals surface area contributed by atoms with Gasteiger partial charge in [0.15, 0.2) is 0 Å². The summed E-state index contributed by atoms with van der Waals surface area (Å²) in [7, 11) is 0. The highest BCUT2D eigenvalue weighted by atomic mass is 16.5. The molecule has 0 rings (SSSR count). The second-order valence-corrected chi connectivity index (χ2v) is 2.47. The Balaban J connectivity index is 4.04. The third-order valence-electron chi connectivity index (χ3n) is 1.03. The minimum atomic E-state index is 0.213. The van der Waals surface area contributed by atoms with Gasteiger partial charge >= 0.3 is 0 Å². The Hall–Kier alpha value is -0.980. The van der Waals surface area contributed by atoms with Gasteiger partial charge in [-0.25, -0.2) is 0 Å². The molecule has 0 fully saturated rings. The maximum absolute atomic E-state index is 5.39. The lowest BCUT2D eigenvalue weighted by atomic mass is 10.4. The molecule has 0 aliphatic rings. The first-order chi connectivity index (χ1) is 5.20. The van der Waals surface area contributed by atoms with Crippen LogP contribution in [0.15, 0.2) is 36.6 Å². The van der Waals surface area contributed by atoms with Crippen molar-refractivity contribution in [1.29, 1.82) is 0 Å². The van der Waals surface area contributed by atoms with Gasteiger partial charge in [0.25, 0.3) is 0 Å². The molecule has 11 heavy (non-hydrogen) atoms. The van der Waals surface area contributed by atoms with Crippen LogP contribution in [0.25, 0.3) is 0 Å². The minimum Gasteiger partial charge on any atom is -0.491 e. The molecule has 0 aliphatic heterocycles. The van der Waals surface area contributed by atoms with Crippen molar-refractivity contribution in [2.45, 2.75) is 26.9 Å². The monoisotopic (exact) mass is 152 g/mol. The highest BCUT2D eigenvalue weighted by Gasteiger charge is 1.93. The number of hydrogen-bond donors (Lipinski definition) is 0. The molecule has 0 saturated heterocycles. The third-order valence-corrected chi connectivity index (χ3v) is 1.03. The van der Waals surface area contributed by atoms with E-state index in [9.17, 15) is 0 Å². The van der Waals surface area contributed by atoms with Crippen molar-refractivity contribution in [1.82, 2.24) is 0 Å². The molecule has 0 atom stereocenters. The van der Waals surface area contributed by atoms with E-state index in [1.807, 2.05) is 39.0 Å². The maximum atomic E-state index is 5.39. The molecule has 0 amide bonds. The van der Waals surface area contributed by atoms with Crippen LogP contribution in [-0.2, 0) is 4.74 Å². The molecule has 0 aromatic rings. The Morgan fingerprint density at radius 2 is 2.09 bits per heavy atom. The van der Waals surface area contributed by atoms with Crippen LogP contribution in [0.1, 0.15) is 20.8 Å². The van der Waals surface area contributed by atoms with Gasteiger partial charge in [-0.2, -0.15) is 0 Å². The summed E-state index contributed by atoms with van der Waals surface area (Å²) in [6.45, 7) is 9.59. The van der Waals surface area contributed by atoms with Gasteiger partial charge in [-0.05, 0) is 32.9 Å². The quantitative estimate of drug-likeness (QED) is 0.444. The van der Waals surface area contributed by atoms with Crippen LogP contribution in [0.2, 0.25) is 0 Å². The number of rotatable bonds is 4. The normalized spacial score (nSPS) is 12.5. The highest BCUT2D eigenvalue weighted by molar-refractivity contribution is 5.16. The number of allylic oxidation sites excluding steroid dienone is 4. The summed E-state index contributed by atoms with van der Waals surface area (Å²) in [4.78, 5) is 0. The van der Waals surface area contributed by atoms with E-state index in [1.165, 1.54) is 0 Å². The Kier molecular flexibility index (Phi) is 5.26. The lowest BCUT2D eigenvalue weighted by molar-refractivity contribution is 0.158. The van der Waals surface area contributed by atoms with Gasteiger partial charge in [0, 0.05) is 0 Å². The van der Waals surface area contributed by atoms with Crippen molar-refractivity contribution in [2.24, 2.45) is 0 Å². The molecule has 1 heteroatoms. The predicted octanol–water partition coefficient (Wildman–Crippen LogP) is 3.06. The molecule has 0 saturated carbocycles. The van der Waals surface area contributed by atoms with E-state index in [-0.39, 0.29) is 6.10 Å². The SMILES string of the molecule is C=C/C(=C\C=C/C)OC(C)C. The van der Waals surface area contributed by atoms with Crippen LogP contribution in [-0.4, -0.2) is 6.10 Å². The largest absolute Gasteiger partial charge is 0.491 e. The summed E-state index contributed by atoms with van der Waals surface area (Å²) in [5, 5.41) is 0. The fraction of sp³-hybridized carbons (Fsp3) is 0.400. The molecular weight excluding hydrogens is 136 g/mol. The van der Waals surface area contributed by atoms with Gasteiger partial charge in [-0.3, -0.25) is 0 Å². The lowest BCUT2D eigenvalue weighted by Gasteiger charge is -2.08. The molecule has 0 aliphatic carbocycles. The summed E-state index contributed by atoms with van der Waals surface area (Å²) >= 11 is 0. The first-order valence-electron chi connectivity index (χ1n) is 3.82. The first-order valence-corrected chi connectivity index (χ1v) is 3.82. The van der Waals surface area contributed by atoms with Crippen LogP contribution in [0.5, 0.6) is 0 Å². The second kappa shape index (κ2) is 5.78. The van der Waals surface area contributed by atoms with Crippen LogP contribution in [0, 0.1) is 0 Å². The smallest absolute Gasteiger partial charge is 0.119 e. The van der Waals surface area contributed by atoms with E-state index in [0.717, 1.165) is 5.76 Å². The van der Waals surface area contributed by atoms with Crippen LogP contribution >= 0.6 is 0 Å². The van der Waals surface area contributed by atoms with Crippen LogP contribution < -0.4 is 0 Å². The summed E-state index contributed by atoms with van der Waals surface area (Å²) in [6, 6.07) is 0. The van der Waals surface area contributed by atoms with Gasteiger partial charge in [-0.1, -0.05) is 18.7 Å². The van der Waals surface area contributed by atoms with Crippen LogP contribution in [0.3, 0.4) is 0 Å². The van der Waals surface area contributed by atoms with E-state index in [2.05, 4.69) is 6.58 Å². The zero-order valence-electron chi connectivity index (χ0n) is 7.50. The fourth-order valence-corrected chi connectivity index (χ4v) is 0.619. The molecule has 0 radical (unpaired) electrons. The summed E-state index contributed by atoms with van der Waals surface area (Å²) < 4.78 is 5.39. The number of hydrogen-bond acceptors (Lipinski definition) is 1. The van der Waals surface area contributed by atoms with Gasteiger partial charge in [0.05, 0.1) is 6.10 Å². The van der Waals surface area contributed by atoms with Gasteiger partial charge in [-0.15, -0.1) is 0 Å². The zero-order chi connectivity index (χ0) is 8.69. The molecule has 0 aromatic heterocycles. The molecule has 0 N–H and O–H groups in total. The van der Waals surface area contributed by atoms with Gasteiger partial charge < -0.3 is 4.74 Å². The van der Waals surface area contributed by atoms with Crippen molar-refractivity contribution >= 4 is 0 Å².